The van der Waals surface area contributed by atoms with Crippen LogP contribution in [0.3, 0.4) is 0 Å². The molecule has 1 aliphatic heterocycles. The molecular formula is C33H32ClN3O5S. The first kappa shape index (κ1) is 30.3. The second-order valence-corrected chi connectivity index (χ2v) is 12.5. The number of carbonyl (C=O) groups excluding carboxylic acids is 2. The quantitative estimate of drug-likeness (QED) is 0.263. The van der Waals surface area contributed by atoms with Crippen molar-refractivity contribution in [2.24, 2.45) is 0 Å². The number of carbonyl (C=O) groups is 2. The Hall–Kier alpha value is -4.18. The summed E-state index contributed by atoms with van der Waals surface area (Å²) in [5.41, 5.74) is 2.51. The van der Waals surface area contributed by atoms with Crippen molar-refractivity contribution in [3.8, 4) is 5.75 Å². The van der Waals surface area contributed by atoms with Crippen molar-refractivity contribution >= 4 is 39.1 Å². The molecule has 10 heteroatoms. The lowest BCUT2D eigenvalue weighted by Gasteiger charge is -2.35. The van der Waals surface area contributed by atoms with Gasteiger partial charge in [-0.05, 0) is 60.4 Å². The normalized spacial score (nSPS) is 14.6. The summed E-state index contributed by atoms with van der Waals surface area (Å²) < 4.78 is 34.7. The fourth-order valence-corrected chi connectivity index (χ4v) is 6.39. The van der Waals surface area contributed by atoms with Gasteiger partial charge in [-0.15, -0.1) is 0 Å². The molecule has 43 heavy (non-hydrogen) atoms. The first-order valence-corrected chi connectivity index (χ1v) is 15.8. The maximum atomic E-state index is 13.9. The minimum atomic E-state index is -4.05. The third kappa shape index (κ3) is 7.62. The van der Waals surface area contributed by atoms with Gasteiger partial charge in [0.15, 0.2) is 6.10 Å². The lowest BCUT2D eigenvalue weighted by molar-refractivity contribution is -0.128. The van der Waals surface area contributed by atoms with Crippen LogP contribution >= 0.6 is 11.6 Å². The zero-order valence-electron chi connectivity index (χ0n) is 23.4. The molecule has 222 valence electrons. The van der Waals surface area contributed by atoms with Gasteiger partial charge in [0.1, 0.15) is 5.75 Å². The third-order valence-electron chi connectivity index (χ3n) is 7.18. The van der Waals surface area contributed by atoms with E-state index in [2.05, 4.69) is 5.32 Å². The smallest absolute Gasteiger partial charge is 0.262 e. The van der Waals surface area contributed by atoms with Gasteiger partial charge >= 0.3 is 0 Å². The van der Waals surface area contributed by atoms with Crippen LogP contribution in [0.4, 0.5) is 5.69 Å². The van der Waals surface area contributed by atoms with Crippen LogP contribution in [0.5, 0.6) is 5.75 Å². The van der Waals surface area contributed by atoms with E-state index in [9.17, 15) is 18.0 Å². The van der Waals surface area contributed by atoms with Crippen molar-refractivity contribution in [2.45, 2.75) is 23.8 Å². The van der Waals surface area contributed by atoms with E-state index in [4.69, 9.17) is 16.3 Å². The Balaban J connectivity index is 1.35. The van der Waals surface area contributed by atoms with Crippen molar-refractivity contribution in [2.75, 3.05) is 31.1 Å². The fourth-order valence-electron chi connectivity index (χ4n) is 4.87. The van der Waals surface area contributed by atoms with E-state index < -0.39 is 28.6 Å². The highest BCUT2D eigenvalue weighted by molar-refractivity contribution is 7.89. The average molecular weight is 618 g/mol. The van der Waals surface area contributed by atoms with E-state index in [1.165, 1.54) is 33.5 Å². The summed E-state index contributed by atoms with van der Waals surface area (Å²) in [6.45, 7) is 0.00993. The second-order valence-electron chi connectivity index (χ2n) is 10.1. The average Bonchev–Trinajstić information content (AvgIpc) is 3.03. The number of hydrogen-bond donors (Lipinski definition) is 1. The molecule has 0 fully saturated rings. The van der Waals surface area contributed by atoms with Gasteiger partial charge in [-0.1, -0.05) is 84.4 Å². The maximum Gasteiger partial charge on any atom is 0.262 e. The van der Waals surface area contributed by atoms with Gasteiger partial charge in [0.05, 0.1) is 23.7 Å². The summed E-state index contributed by atoms with van der Waals surface area (Å²) in [6, 6.07) is 32.1. The lowest BCUT2D eigenvalue weighted by Crippen LogP contribution is -2.53. The van der Waals surface area contributed by atoms with Crippen molar-refractivity contribution in [3.63, 3.8) is 0 Å². The van der Waals surface area contributed by atoms with Crippen LogP contribution < -0.4 is 15.0 Å². The van der Waals surface area contributed by atoms with Crippen LogP contribution in [0, 0.1) is 0 Å². The molecule has 0 bridgehead atoms. The van der Waals surface area contributed by atoms with Gasteiger partial charge in [0, 0.05) is 18.1 Å². The molecule has 1 aliphatic rings. The van der Waals surface area contributed by atoms with Gasteiger partial charge in [-0.25, -0.2) is 8.42 Å². The lowest BCUT2D eigenvalue weighted by atomic mass is 10.1. The number of benzene rings is 4. The molecule has 4 aromatic carbocycles. The Morgan fingerprint density at radius 2 is 1.44 bits per heavy atom. The predicted molar refractivity (Wildman–Crippen MR) is 167 cm³/mol. The number of hydrogen-bond acceptors (Lipinski definition) is 5. The van der Waals surface area contributed by atoms with Crippen molar-refractivity contribution in [3.05, 3.63) is 125 Å². The molecule has 0 aliphatic carbocycles. The van der Waals surface area contributed by atoms with Crippen LogP contribution in [-0.2, 0) is 32.5 Å². The minimum absolute atomic E-state index is 0.0378. The van der Waals surface area contributed by atoms with E-state index in [-0.39, 0.29) is 23.9 Å². The summed E-state index contributed by atoms with van der Waals surface area (Å²) in [7, 11) is -4.05. The van der Waals surface area contributed by atoms with Crippen LogP contribution in [0.15, 0.2) is 114 Å². The molecule has 0 spiro atoms. The minimum Gasteiger partial charge on any atom is -0.477 e. The third-order valence-corrected chi connectivity index (χ3v) is 9.29. The zero-order chi connectivity index (χ0) is 30.2. The van der Waals surface area contributed by atoms with Crippen molar-refractivity contribution in [1.29, 1.82) is 0 Å². The first-order valence-electron chi connectivity index (χ1n) is 14.0. The molecular weight excluding hydrogens is 586 g/mol. The Labute approximate surface area is 256 Å². The van der Waals surface area contributed by atoms with Crippen LogP contribution in [0.25, 0.3) is 0 Å². The summed E-state index contributed by atoms with van der Waals surface area (Å²) in [5, 5.41) is 3.31. The van der Waals surface area contributed by atoms with Crippen LogP contribution in [-0.4, -0.2) is 56.8 Å². The Morgan fingerprint density at radius 3 is 2.12 bits per heavy atom. The number of anilines is 1. The number of nitrogens with zero attached hydrogens (tertiary/aromatic N) is 2. The molecule has 1 heterocycles. The predicted octanol–water partition coefficient (Wildman–Crippen LogP) is 4.73. The topological polar surface area (TPSA) is 96.0 Å². The highest BCUT2D eigenvalue weighted by Crippen LogP contribution is 2.33. The molecule has 2 amide bonds. The highest BCUT2D eigenvalue weighted by atomic mass is 35.5. The number of halogens is 1. The molecule has 0 unspecified atom stereocenters. The number of amides is 2. The molecule has 0 radical (unpaired) electrons. The first-order chi connectivity index (χ1) is 20.8. The van der Waals surface area contributed by atoms with E-state index >= 15 is 0 Å². The molecule has 0 saturated heterocycles. The standard InChI is InChI=1S/C33H32ClN3O5S/c34-27-15-17-28(18-16-27)43(40,41)36(22-20-26-11-5-2-6-12-26)24-32(38)37-23-31(42-30-14-8-7-13-29(30)37)33(39)35-21-19-25-9-3-1-4-10-25/h1-18,31H,19-24H2,(H,35,39)/t31-/m0/s1. The summed E-state index contributed by atoms with van der Waals surface area (Å²) in [5.74, 6) is -0.442. The summed E-state index contributed by atoms with van der Waals surface area (Å²) >= 11 is 6.00. The van der Waals surface area contributed by atoms with Crippen molar-refractivity contribution in [1.82, 2.24) is 9.62 Å². The van der Waals surface area contributed by atoms with Gasteiger partial charge in [0.2, 0.25) is 15.9 Å². The van der Waals surface area contributed by atoms with Crippen molar-refractivity contribution < 1.29 is 22.7 Å². The zero-order valence-corrected chi connectivity index (χ0v) is 25.0. The Morgan fingerprint density at radius 1 is 0.837 bits per heavy atom. The van der Waals surface area contributed by atoms with E-state index in [0.717, 1.165) is 11.1 Å². The van der Waals surface area contributed by atoms with Gasteiger partial charge in [-0.2, -0.15) is 4.31 Å². The van der Waals surface area contributed by atoms with Crippen LogP contribution in [0.2, 0.25) is 5.02 Å². The molecule has 0 aromatic heterocycles. The molecule has 8 nitrogen and oxygen atoms in total. The number of nitrogens with one attached hydrogen (secondary N) is 1. The van der Waals surface area contributed by atoms with Gasteiger partial charge in [0.25, 0.3) is 5.91 Å². The van der Waals surface area contributed by atoms with E-state index in [1.54, 1.807) is 24.3 Å². The molecule has 4 aromatic rings. The number of fused-ring (bicyclic) bond motifs is 1. The SMILES string of the molecule is O=C(NCCc1ccccc1)[C@@H]1CN(C(=O)CN(CCc2ccccc2)S(=O)(=O)c2ccc(Cl)cc2)c2ccccc2O1. The number of sulfonamides is 1. The number of rotatable bonds is 11. The maximum absolute atomic E-state index is 13.9. The Kier molecular flexibility index (Phi) is 9.76. The van der Waals surface area contributed by atoms with Crippen LogP contribution in [0.1, 0.15) is 11.1 Å². The monoisotopic (exact) mass is 617 g/mol. The van der Waals surface area contributed by atoms with Gasteiger partial charge < -0.3 is 15.0 Å². The molecule has 1 atom stereocenters. The van der Waals surface area contributed by atoms with E-state index in [1.807, 2.05) is 60.7 Å². The summed E-state index contributed by atoms with van der Waals surface area (Å²) in [6.07, 6.45) is 0.102. The Bertz CT molecular complexity index is 1650. The number of para-hydroxylation sites is 2. The fraction of sp³-hybridized carbons (Fsp3) is 0.212. The highest BCUT2D eigenvalue weighted by Gasteiger charge is 2.36. The largest absolute Gasteiger partial charge is 0.477 e. The van der Waals surface area contributed by atoms with Gasteiger partial charge in [-0.3, -0.25) is 9.59 Å². The molecule has 0 saturated carbocycles. The van der Waals surface area contributed by atoms with E-state index in [0.29, 0.717) is 35.8 Å². The number of ether oxygens (including phenoxy) is 1. The summed E-state index contributed by atoms with van der Waals surface area (Å²) in [4.78, 5) is 28.5. The second kappa shape index (κ2) is 13.9. The molecule has 1 N–H and O–H groups in total. The molecule has 5 rings (SSSR count).